The van der Waals surface area contributed by atoms with Crippen molar-refractivity contribution in [1.29, 1.82) is 0 Å². The summed E-state index contributed by atoms with van der Waals surface area (Å²) in [7, 11) is 0. The van der Waals surface area contributed by atoms with Gasteiger partial charge in [0.15, 0.2) is 0 Å². The monoisotopic (exact) mass is 385 g/mol. The van der Waals surface area contributed by atoms with E-state index in [1.165, 1.54) is 12.1 Å². The molecule has 1 aliphatic heterocycles. The predicted molar refractivity (Wildman–Crippen MR) is 105 cm³/mol. The first-order valence-corrected chi connectivity index (χ1v) is 9.34. The molecule has 3 rings (SSSR count). The normalized spacial score (nSPS) is 16.1. The SMILES string of the molecule is CCOc1ccccc1NC(=O)NCC1CC(=O)N(Cc2ccc(F)cc2)C1. The summed E-state index contributed by atoms with van der Waals surface area (Å²) < 4.78 is 18.5. The number of nitrogens with zero attached hydrogens (tertiary/aromatic N) is 1. The van der Waals surface area contributed by atoms with Crippen LogP contribution in [0.2, 0.25) is 0 Å². The lowest BCUT2D eigenvalue weighted by molar-refractivity contribution is -0.128. The summed E-state index contributed by atoms with van der Waals surface area (Å²) in [5.74, 6) is 0.399. The largest absolute Gasteiger partial charge is 0.492 e. The molecule has 2 aromatic carbocycles. The van der Waals surface area contributed by atoms with E-state index in [1.807, 2.05) is 19.1 Å². The van der Waals surface area contributed by atoms with Crippen molar-refractivity contribution in [2.24, 2.45) is 5.92 Å². The van der Waals surface area contributed by atoms with Crippen LogP contribution >= 0.6 is 0 Å². The van der Waals surface area contributed by atoms with Gasteiger partial charge in [0.2, 0.25) is 5.91 Å². The molecule has 2 N–H and O–H groups in total. The van der Waals surface area contributed by atoms with Gasteiger partial charge in [0.25, 0.3) is 0 Å². The van der Waals surface area contributed by atoms with Crippen LogP contribution in [0.4, 0.5) is 14.9 Å². The van der Waals surface area contributed by atoms with Crippen molar-refractivity contribution in [2.45, 2.75) is 19.9 Å². The molecule has 0 spiro atoms. The maximum Gasteiger partial charge on any atom is 0.319 e. The third-order valence-corrected chi connectivity index (χ3v) is 4.57. The van der Waals surface area contributed by atoms with Crippen LogP contribution in [-0.4, -0.2) is 36.5 Å². The molecule has 0 radical (unpaired) electrons. The molecule has 0 aromatic heterocycles. The van der Waals surface area contributed by atoms with Crippen LogP contribution in [0.25, 0.3) is 0 Å². The zero-order valence-corrected chi connectivity index (χ0v) is 15.8. The first kappa shape index (κ1) is 19.7. The summed E-state index contributed by atoms with van der Waals surface area (Å²) in [4.78, 5) is 26.2. The number of benzene rings is 2. The lowest BCUT2D eigenvalue weighted by Gasteiger charge is -2.17. The zero-order chi connectivity index (χ0) is 19.9. The lowest BCUT2D eigenvalue weighted by Crippen LogP contribution is -2.34. The standard InChI is InChI=1S/C21H24FN3O3/c1-2-28-19-6-4-3-5-18(19)24-21(27)23-12-16-11-20(26)25(14-16)13-15-7-9-17(22)10-8-15/h3-10,16H,2,11-14H2,1H3,(H2,23,24,27). The van der Waals surface area contributed by atoms with Gasteiger partial charge in [-0.2, -0.15) is 0 Å². The van der Waals surface area contributed by atoms with E-state index in [-0.39, 0.29) is 23.7 Å². The molecule has 1 unspecified atom stereocenters. The molecule has 28 heavy (non-hydrogen) atoms. The molecular formula is C21H24FN3O3. The Bertz CT molecular complexity index is 826. The Hall–Kier alpha value is -3.09. The number of halogens is 1. The highest BCUT2D eigenvalue weighted by molar-refractivity contribution is 5.91. The maximum absolute atomic E-state index is 13.0. The third kappa shape index (κ3) is 5.22. The van der Waals surface area contributed by atoms with Crippen LogP contribution in [0, 0.1) is 11.7 Å². The highest BCUT2D eigenvalue weighted by Gasteiger charge is 2.29. The summed E-state index contributed by atoms with van der Waals surface area (Å²) in [6, 6.07) is 13.0. The summed E-state index contributed by atoms with van der Waals surface area (Å²) in [6.07, 6.45) is 0.386. The quantitative estimate of drug-likeness (QED) is 0.768. The number of carbonyl (C=O) groups is 2. The topological polar surface area (TPSA) is 70.7 Å². The van der Waals surface area contributed by atoms with Crippen molar-refractivity contribution in [3.8, 4) is 5.75 Å². The van der Waals surface area contributed by atoms with Crippen molar-refractivity contribution in [3.05, 3.63) is 59.9 Å². The van der Waals surface area contributed by atoms with Crippen LogP contribution in [0.5, 0.6) is 5.75 Å². The number of carbonyl (C=O) groups excluding carboxylic acids is 2. The second-order valence-electron chi connectivity index (χ2n) is 6.74. The van der Waals surface area contributed by atoms with Gasteiger partial charge in [0, 0.05) is 32.0 Å². The number of rotatable bonds is 7. The molecule has 1 fully saturated rings. The molecule has 1 saturated heterocycles. The van der Waals surface area contributed by atoms with Gasteiger partial charge in [0.05, 0.1) is 12.3 Å². The number of urea groups is 1. The third-order valence-electron chi connectivity index (χ3n) is 4.57. The Morgan fingerprint density at radius 2 is 1.96 bits per heavy atom. The fourth-order valence-corrected chi connectivity index (χ4v) is 3.21. The maximum atomic E-state index is 13.0. The van der Waals surface area contributed by atoms with Crippen molar-refractivity contribution in [3.63, 3.8) is 0 Å². The van der Waals surface area contributed by atoms with Crippen LogP contribution < -0.4 is 15.4 Å². The zero-order valence-electron chi connectivity index (χ0n) is 15.8. The summed E-state index contributed by atoms with van der Waals surface area (Å²) >= 11 is 0. The average molecular weight is 385 g/mol. The van der Waals surface area contributed by atoms with E-state index >= 15 is 0 Å². The molecule has 148 valence electrons. The van der Waals surface area contributed by atoms with Crippen molar-refractivity contribution in [2.75, 3.05) is 25.0 Å². The Balaban J connectivity index is 1.48. The van der Waals surface area contributed by atoms with Gasteiger partial charge in [-0.15, -0.1) is 0 Å². The van der Waals surface area contributed by atoms with Crippen LogP contribution in [0.3, 0.4) is 0 Å². The van der Waals surface area contributed by atoms with Gasteiger partial charge in [-0.3, -0.25) is 4.79 Å². The summed E-state index contributed by atoms with van der Waals surface area (Å²) in [6.45, 7) is 3.80. The number of anilines is 1. The Kier molecular flexibility index (Phi) is 6.47. The second-order valence-corrected chi connectivity index (χ2v) is 6.74. The summed E-state index contributed by atoms with van der Waals surface area (Å²) in [5.41, 5.74) is 1.48. The molecule has 0 bridgehead atoms. The minimum atomic E-state index is -0.336. The van der Waals surface area contributed by atoms with Gasteiger partial charge in [-0.05, 0) is 36.8 Å². The molecule has 0 saturated carbocycles. The minimum Gasteiger partial charge on any atom is -0.492 e. The molecule has 6 nitrogen and oxygen atoms in total. The van der Waals surface area contributed by atoms with E-state index in [0.717, 1.165) is 5.56 Å². The number of likely N-dealkylation sites (tertiary alicyclic amines) is 1. The number of hydrogen-bond donors (Lipinski definition) is 2. The average Bonchev–Trinajstić information content (AvgIpc) is 3.03. The molecule has 1 atom stereocenters. The number of amides is 3. The number of ether oxygens (including phenoxy) is 1. The highest BCUT2D eigenvalue weighted by atomic mass is 19.1. The predicted octanol–water partition coefficient (Wildman–Crippen LogP) is 3.39. The Labute approximate surface area is 163 Å². The molecule has 7 heteroatoms. The molecule has 0 aliphatic carbocycles. The second kappa shape index (κ2) is 9.21. The highest BCUT2D eigenvalue weighted by Crippen LogP contribution is 2.24. The van der Waals surface area contributed by atoms with E-state index in [4.69, 9.17) is 4.74 Å². The first-order valence-electron chi connectivity index (χ1n) is 9.34. The summed E-state index contributed by atoms with van der Waals surface area (Å²) in [5, 5.41) is 5.60. The van der Waals surface area contributed by atoms with Gasteiger partial charge < -0.3 is 20.3 Å². The van der Waals surface area contributed by atoms with E-state index in [1.54, 1.807) is 29.2 Å². The van der Waals surface area contributed by atoms with Gasteiger partial charge in [0.1, 0.15) is 11.6 Å². The molecule has 1 heterocycles. The molecular weight excluding hydrogens is 361 g/mol. The smallest absolute Gasteiger partial charge is 0.319 e. The number of para-hydroxylation sites is 2. The Morgan fingerprint density at radius 3 is 2.71 bits per heavy atom. The van der Waals surface area contributed by atoms with E-state index in [2.05, 4.69) is 10.6 Å². The molecule has 3 amide bonds. The van der Waals surface area contributed by atoms with Gasteiger partial charge >= 0.3 is 6.03 Å². The van der Waals surface area contributed by atoms with E-state index in [0.29, 0.717) is 44.1 Å². The number of hydrogen-bond acceptors (Lipinski definition) is 3. The van der Waals surface area contributed by atoms with E-state index in [9.17, 15) is 14.0 Å². The fourth-order valence-electron chi connectivity index (χ4n) is 3.21. The van der Waals surface area contributed by atoms with E-state index < -0.39 is 0 Å². The first-order chi connectivity index (χ1) is 13.5. The molecule has 1 aliphatic rings. The van der Waals surface area contributed by atoms with Crippen LogP contribution in [-0.2, 0) is 11.3 Å². The number of nitrogens with one attached hydrogen (secondary N) is 2. The van der Waals surface area contributed by atoms with Crippen LogP contribution in [0.1, 0.15) is 18.9 Å². The van der Waals surface area contributed by atoms with Crippen molar-refractivity contribution in [1.82, 2.24) is 10.2 Å². The van der Waals surface area contributed by atoms with Crippen molar-refractivity contribution < 1.29 is 18.7 Å². The lowest BCUT2D eigenvalue weighted by atomic mass is 10.1. The van der Waals surface area contributed by atoms with Gasteiger partial charge in [-0.1, -0.05) is 24.3 Å². The van der Waals surface area contributed by atoms with Crippen LogP contribution in [0.15, 0.2) is 48.5 Å². The minimum absolute atomic E-state index is 0.0400. The van der Waals surface area contributed by atoms with Gasteiger partial charge in [-0.25, -0.2) is 9.18 Å². The fraction of sp³-hybridized carbons (Fsp3) is 0.333. The van der Waals surface area contributed by atoms with Crippen molar-refractivity contribution >= 4 is 17.6 Å². The Morgan fingerprint density at radius 1 is 1.21 bits per heavy atom. The molecule has 2 aromatic rings.